The third kappa shape index (κ3) is 22.1. The van der Waals surface area contributed by atoms with Crippen molar-refractivity contribution in [1.29, 1.82) is 0 Å². The zero-order valence-electron chi connectivity index (χ0n) is 53.9. The molecule has 41 heteroatoms. The summed E-state index contributed by atoms with van der Waals surface area (Å²) in [5.41, 5.74) is 0.776. The van der Waals surface area contributed by atoms with Crippen LogP contribution in [0.4, 0.5) is 4.79 Å². The lowest BCUT2D eigenvalue weighted by molar-refractivity contribution is -0.366. The quantitative estimate of drug-likeness (QED) is 0.0281. The molecule has 31 atom stereocenters. The van der Waals surface area contributed by atoms with Crippen LogP contribution in [-0.4, -0.2) is 389 Å². The van der Waals surface area contributed by atoms with Crippen molar-refractivity contribution in [3.8, 4) is 0 Å². The maximum Gasteiger partial charge on any atom is 0.407 e. The van der Waals surface area contributed by atoms with Gasteiger partial charge in [0, 0.05) is 32.5 Å². The molecule has 574 valence electrons. The van der Waals surface area contributed by atoms with Gasteiger partial charge < -0.3 is 185 Å². The molecule has 100 heavy (non-hydrogen) atoms. The summed E-state index contributed by atoms with van der Waals surface area (Å²) in [6.45, 7) is -6.56. The molecule has 41 nitrogen and oxygen atoms in total. The van der Waals surface area contributed by atoms with Crippen LogP contribution in [0.25, 0.3) is 0 Å². The summed E-state index contributed by atoms with van der Waals surface area (Å²) in [6, 6.07) is 7.52. The number of aliphatic hydroxyl groups is 20. The van der Waals surface area contributed by atoms with E-state index in [-0.39, 0.29) is 39.0 Å². The van der Waals surface area contributed by atoms with Gasteiger partial charge in [-0.15, -0.1) is 0 Å². The first-order valence-corrected chi connectivity index (χ1v) is 32.5. The van der Waals surface area contributed by atoms with Crippen molar-refractivity contribution in [3.63, 3.8) is 0 Å². The van der Waals surface area contributed by atoms with Crippen LogP contribution in [0, 0.1) is 0 Å². The maximum absolute atomic E-state index is 13.9. The second-order valence-corrected chi connectivity index (χ2v) is 24.5. The molecule has 1 aromatic rings. The van der Waals surface area contributed by atoms with Gasteiger partial charge in [-0.2, -0.15) is 0 Å². The smallest absolute Gasteiger partial charge is 0.407 e. The predicted octanol–water partition coefficient (Wildman–Crippen LogP) is -13.1. The number of rotatable bonds is 35. The molecule has 7 rings (SSSR count). The van der Waals surface area contributed by atoms with Gasteiger partial charge in [0.1, 0.15) is 159 Å². The van der Waals surface area contributed by atoms with Gasteiger partial charge in [0.25, 0.3) is 0 Å². The van der Waals surface area contributed by atoms with Crippen LogP contribution in [0.3, 0.4) is 0 Å². The highest BCUT2D eigenvalue weighted by Gasteiger charge is 2.55. The minimum atomic E-state index is -2.04. The molecule has 6 fully saturated rings. The number of ether oxygens (including phenoxy) is 13. The number of amides is 4. The number of hydrogen-bond acceptors (Lipinski definition) is 37. The molecular formula is C59H96N4O37. The molecule has 0 aliphatic carbocycles. The predicted molar refractivity (Wildman–Crippen MR) is 320 cm³/mol. The molecule has 0 saturated carbocycles. The van der Waals surface area contributed by atoms with Gasteiger partial charge >= 0.3 is 6.09 Å². The van der Waals surface area contributed by atoms with Gasteiger partial charge in [-0.25, -0.2) is 4.79 Å². The molecule has 6 heterocycles. The Morgan fingerprint density at radius 3 is 1.23 bits per heavy atom. The van der Waals surface area contributed by atoms with Crippen molar-refractivity contribution in [2.45, 2.75) is 235 Å². The average Bonchev–Trinajstić information content (AvgIpc) is 0.798. The van der Waals surface area contributed by atoms with Gasteiger partial charge in [-0.3, -0.25) is 14.4 Å². The third-order valence-corrected chi connectivity index (χ3v) is 17.4. The average molecular weight is 1450 g/mol. The normalized spacial score (nSPS) is 39.6. The Balaban J connectivity index is 0.970. The molecule has 0 bridgehead atoms. The van der Waals surface area contributed by atoms with Gasteiger partial charge in [0.2, 0.25) is 17.7 Å². The molecule has 0 aromatic heterocycles. The highest BCUT2D eigenvalue weighted by Crippen LogP contribution is 2.34. The van der Waals surface area contributed by atoms with E-state index in [2.05, 4.69) is 21.3 Å². The van der Waals surface area contributed by atoms with Crippen LogP contribution in [0.2, 0.25) is 0 Å². The summed E-state index contributed by atoms with van der Waals surface area (Å²) in [5, 5.41) is 220. The van der Waals surface area contributed by atoms with Gasteiger partial charge in [0.05, 0.1) is 52.9 Å². The Labute approximate surface area is 570 Å². The van der Waals surface area contributed by atoms with Crippen molar-refractivity contribution < 1.29 is 183 Å². The zero-order chi connectivity index (χ0) is 73.1. The largest absolute Gasteiger partial charge is 0.445 e. The number of nitrogens with one attached hydrogen (secondary N) is 4. The number of benzene rings is 1. The van der Waals surface area contributed by atoms with Crippen LogP contribution in [0.5, 0.6) is 0 Å². The molecule has 0 unspecified atom stereocenters. The van der Waals surface area contributed by atoms with E-state index in [4.69, 9.17) is 61.6 Å². The summed E-state index contributed by atoms with van der Waals surface area (Å²) in [5.74, 6) is -2.25. The Morgan fingerprint density at radius 2 is 0.790 bits per heavy atom. The molecule has 0 spiro atoms. The summed E-state index contributed by atoms with van der Waals surface area (Å²) >= 11 is 0. The summed E-state index contributed by atoms with van der Waals surface area (Å²) in [6.07, 6.45) is -55.2. The van der Waals surface area contributed by atoms with Gasteiger partial charge in [0.15, 0.2) is 37.7 Å². The minimum Gasteiger partial charge on any atom is -0.445 e. The van der Waals surface area contributed by atoms with Crippen LogP contribution in [-0.2, 0) is 82.6 Å². The van der Waals surface area contributed by atoms with E-state index in [0.29, 0.717) is 12.8 Å². The number of alkyl carbamates (subject to hydrolysis) is 1. The molecule has 6 saturated heterocycles. The SMILES string of the molecule is O=C(CC[C@H](NC(=O)CCCCCNC(=O)OCc1ccccc1)C(=O)NCCO[C@H]1O[C@H](CO[C@H]2O[C@H](CO)[C@@H](O)[C@H](O)[C@@H]2O)[C@@H](O)[C@H](O[C@H]2O[C@H](CO)[C@@H](O)[C@H](O)[C@@H]2O)[C@@H]1O)NCCO[C@H]1O[C@H](CO[C@H]2O[C@H](CO)[C@@H](O)[C@H](O)[C@@H]2O)[C@@H](O)[C@H](O[C@H]2O[C@H](CO)[C@@H](O)[C@H](O)[C@@H]2O)[C@@H]1O. The highest BCUT2D eigenvalue weighted by molar-refractivity contribution is 5.88. The van der Waals surface area contributed by atoms with E-state index in [1.807, 2.05) is 6.07 Å². The van der Waals surface area contributed by atoms with E-state index < -0.39 is 280 Å². The second-order valence-electron chi connectivity index (χ2n) is 24.5. The lowest BCUT2D eigenvalue weighted by Crippen LogP contribution is -2.65. The molecule has 0 radical (unpaired) electrons. The van der Waals surface area contributed by atoms with Crippen LogP contribution < -0.4 is 21.3 Å². The minimum absolute atomic E-state index is 0.0438. The number of carbonyl (C=O) groups excluding carboxylic acids is 4. The first-order chi connectivity index (χ1) is 47.7. The van der Waals surface area contributed by atoms with E-state index in [1.165, 1.54) is 0 Å². The monoisotopic (exact) mass is 1450 g/mol. The van der Waals surface area contributed by atoms with Crippen molar-refractivity contribution in [2.75, 3.05) is 72.5 Å². The first-order valence-electron chi connectivity index (χ1n) is 32.5. The van der Waals surface area contributed by atoms with E-state index in [0.717, 1.165) is 5.56 Å². The summed E-state index contributed by atoms with van der Waals surface area (Å²) in [4.78, 5) is 53.0. The van der Waals surface area contributed by atoms with Crippen molar-refractivity contribution >= 4 is 23.8 Å². The van der Waals surface area contributed by atoms with Crippen LogP contribution in [0.15, 0.2) is 30.3 Å². The molecule has 6 aliphatic heterocycles. The van der Waals surface area contributed by atoms with Crippen LogP contribution >= 0.6 is 0 Å². The highest BCUT2D eigenvalue weighted by atomic mass is 16.8. The number of carbonyl (C=O) groups is 4. The second kappa shape index (κ2) is 40.2. The topological polar surface area (TPSA) is 641 Å². The Morgan fingerprint density at radius 1 is 0.390 bits per heavy atom. The fraction of sp³-hybridized carbons (Fsp3) is 0.831. The molecular weight excluding hydrogens is 1360 g/mol. The van der Waals surface area contributed by atoms with E-state index in [1.54, 1.807) is 24.3 Å². The van der Waals surface area contributed by atoms with Crippen LogP contribution in [0.1, 0.15) is 44.1 Å². The van der Waals surface area contributed by atoms with Crippen molar-refractivity contribution in [3.05, 3.63) is 35.9 Å². The zero-order valence-corrected chi connectivity index (χ0v) is 53.9. The maximum atomic E-state index is 13.9. The fourth-order valence-electron chi connectivity index (χ4n) is 11.4. The van der Waals surface area contributed by atoms with Gasteiger partial charge in [-0.1, -0.05) is 36.8 Å². The summed E-state index contributed by atoms with van der Waals surface area (Å²) < 4.78 is 72.5. The van der Waals surface area contributed by atoms with Gasteiger partial charge in [-0.05, 0) is 24.8 Å². The Hall–Kier alpha value is -4.38. The number of hydrogen-bond donors (Lipinski definition) is 24. The lowest BCUT2D eigenvalue weighted by atomic mass is 9.96. The van der Waals surface area contributed by atoms with Crippen molar-refractivity contribution in [2.24, 2.45) is 0 Å². The molecule has 6 aliphatic rings. The summed E-state index contributed by atoms with van der Waals surface area (Å²) in [7, 11) is 0. The Kier molecular flexibility index (Phi) is 33.3. The molecule has 24 N–H and O–H groups in total. The molecule has 4 amide bonds. The first kappa shape index (κ1) is 82.9. The van der Waals surface area contributed by atoms with E-state index >= 15 is 0 Å². The van der Waals surface area contributed by atoms with E-state index in [9.17, 15) is 121 Å². The third-order valence-electron chi connectivity index (χ3n) is 17.4. The fourth-order valence-corrected chi connectivity index (χ4v) is 11.4. The Bertz CT molecular complexity index is 2600. The number of aliphatic hydroxyl groups excluding tert-OH is 20. The standard InChI is InChI=1S/C59H96N4O37/c64-17-26-34(70)40(76)44(80)53(93-26)90-22-30-38(74)50(99-57-46(82)42(78)36(72)28(19-66)95-57)48(84)55(97-30)88-15-13-60-32(68)11-10-25(63-33(69)9-5-2-6-12-62-59(87)92-21-24-7-3-1-4-8-24)52(86)61-14-16-89-56-49(85)51(100-58-47(83)43(79)37(73)29(20-67)96-58)39(75)31(98-56)23-91-54-45(81)41(77)35(71)27(18-65)94-54/h1,3-4,7-8,25-31,34-51,53-58,64-67,70-85H,2,5-6,9-23H2,(H,60,68)(H,61,86)(H,62,87)(H,63,69)/t25-,26+,27+,28+,29+,30+,31+,34+,35+,36+,37+,38+,39+,40-,41-,42-,43-,44-,45-,46-,47-,48-,49-,50-,51-,53-,54-,55-,56-,57+,58+/m0/s1. The molecule has 1 aromatic carbocycles. The van der Waals surface area contributed by atoms with Crippen molar-refractivity contribution in [1.82, 2.24) is 21.3 Å². The lowest BCUT2D eigenvalue weighted by Gasteiger charge is -2.46. The number of unbranched alkanes of at least 4 members (excludes halogenated alkanes) is 2.